The Morgan fingerprint density at radius 1 is 1.24 bits per heavy atom. The Morgan fingerprint density at radius 3 is 2.76 bits per heavy atom. The number of rotatable bonds is 3. The molecule has 2 heterocycles. The van der Waals surface area contributed by atoms with Gasteiger partial charge in [-0.25, -0.2) is 4.98 Å². The van der Waals surface area contributed by atoms with Gasteiger partial charge in [-0.3, -0.25) is 0 Å². The van der Waals surface area contributed by atoms with Crippen LogP contribution in [0.25, 0.3) is 11.0 Å². The second kappa shape index (κ2) is 5.67. The number of alkyl halides is 3. The highest BCUT2D eigenvalue weighted by atomic mass is 19.4. The minimum atomic E-state index is -4.42. The zero-order valence-corrected chi connectivity index (χ0v) is 11.7. The van der Waals surface area contributed by atoms with Gasteiger partial charge in [0.25, 0.3) is 0 Å². The van der Waals surface area contributed by atoms with Crippen molar-refractivity contribution in [2.24, 2.45) is 0 Å². The lowest BCUT2D eigenvalue weighted by atomic mass is 10.0. The zero-order chi connectivity index (χ0) is 14.9. The fraction of sp³-hybridized carbons (Fsp3) is 0.533. The van der Waals surface area contributed by atoms with Gasteiger partial charge in [0.2, 0.25) is 5.82 Å². The molecule has 0 spiro atoms. The van der Waals surface area contributed by atoms with E-state index in [1.807, 2.05) is 0 Å². The summed E-state index contributed by atoms with van der Waals surface area (Å²) < 4.78 is 40.8. The van der Waals surface area contributed by atoms with Crippen molar-refractivity contribution in [3.8, 4) is 0 Å². The van der Waals surface area contributed by atoms with Crippen molar-refractivity contribution in [3.63, 3.8) is 0 Å². The minimum absolute atomic E-state index is 0.306. The summed E-state index contributed by atoms with van der Waals surface area (Å²) in [5.41, 5.74) is 0.960. The molecule has 1 aliphatic rings. The van der Waals surface area contributed by atoms with Gasteiger partial charge in [0, 0.05) is 12.6 Å². The predicted molar refractivity (Wildman–Crippen MR) is 75.0 cm³/mol. The van der Waals surface area contributed by atoms with Gasteiger partial charge in [0.15, 0.2) is 0 Å². The molecule has 1 unspecified atom stereocenters. The number of hydrogen-bond acceptors (Lipinski definition) is 2. The van der Waals surface area contributed by atoms with Crippen LogP contribution in [0.3, 0.4) is 0 Å². The average molecular weight is 297 g/mol. The molecule has 1 aromatic heterocycles. The summed E-state index contributed by atoms with van der Waals surface area (Å²) in [5, 5.41) is 3.37. The summed E-state index contributed by atoms with van der Waals surface area (Å²) in [6.45, 7) is 1.30. The molecular weight excluding hydrogens is 279 g/mol. The van der Waals surface area contributed by atoms with Crippen molar-refractivity contribution >= 4 is 11.0 Å². The van der Waals surface area contributed by atoms with Gasteiger partial charge in [-0.15, -0.1) is 0 Å². The van der Waals surface area contributed by atoms with Crippen LogP contribution in [0.2, 0.25) is 0 Å². The number of fused-ring (bicyclic) bond motifs is 1. The van der Waals surface area contributed by atoms with Crippen molar-refractivity contribution in [3.05, 3.63) is 30.1 Å². The Balaban J connectivity index is 1.88. The zero-order valence-electron chi connectivity index (χ0n) is 11.7. The second-order valence-corrected chi connectivity index (χ2v) is 5.51. The molecule has 1 aromatic carbocycles. The first-order valence-corrected chi connectivity index (χ1v) is 7.31. The molecule has 1 N–H and O–H groups in total. The van der Waals surface area contributed by atoms with Crippen LogP contribution < -0.4 is 5.32 Å². The lowest BCUT2D eigenvalue weighted by molar-refractivity contribution is -0.147. The second-order valence-electron chi connectivity index (χ2n) is 5.51. The Kier molecular flexibility index (Phi) is 3.89. The Bertz CT molecular complexity index is 612. The molecule has 0 amide bonds. The molecule has 0 saturated carbocycles. The van der Waals surface area contributed by atoms with Crippen molar-refractivity contribution < 1.29 is 13.2 Å². The number of hydrogen-bond donors (Lipinski definition) is 1. The third-order valence-electron chi connectivity index (χ3n) is 4.02. The van der Waals surface area contributed by atoms with E-state index in [1.165, 1.54) is 4.57 Å². The number of imidazole rings is 1. The van der Waals surface area contributed by atoms with E-state index in [9.17, 15) is 13.2 Å². The summed E-state index contributed by atoms with van der Waals surface area (Å²) >= 11 is 0. The number of para-hydroxylation sites is 2. The van der Waals surface area contributed by atoms with E-state index >= 15 is 0 Å². The van der Waals surface area contributed by atoms with Crippen LogP contribution in [0.4, 0.5) is 13.2 Å². The fourth-order valence-electron chi connectivity index (χ4n) is 2.97. The Hall–Kier alpha value is -1.56. The van der Waals surface area contributed by atoms with Gasteiger partial charge in [-0.1, -0.05) is 18.6 Å². The summed E-state index contributed by atoms with van der Waals surface area (Å²) in [4.78, 5) is 3.77. The van der Waals surface area contributed by atoms with E-state index in [-0.39, 0.29) is 0 Å². The molecule has 0 aliphatic carbocycles. The first-order valence-electron chi connectivity index (χ1n) is 7.31. The number of aromatic nitrogens is 2. The van der Waals surface area contributed by atoms with Crippen LogP contribution in [0.5, 0.6) is 0 Å². The van der Waals surface area contributed by atoms with Gasteiger partial charge in [0.1, 0.15) is 0 Å². The number of aryl methyl sites for hydroxylation is 1. The number of benzene rings is 1. The van der Waals surface area contributed by atoms with Gasteiger partial charge in [-0.05, 0) is 37.9 Å². The monoisotopic (exact) mass is 297 g/mol. The lowest BCUT2D eigenvalue weighted by Gasteiger charge is -2.24. The maximum Gasteiger partial charge on any atom is 0.449 e. The van der Waals surface area contributed by atoms with Crippen molar-refractivity contribution in [2.45, 2.75) is 44.4 Å². The molecule has 1 saturated heterocycles. The van der Waals surface area contributed by atoms with Crippen LogP contribution >= 0.6 is 0 Å². The molecule has 0 bridgehead atoms. The van der Waals surface area contributed by atoms with Crippen LogP contribution in [-0.4, -0.2) is 22.1 Å². The lowest BCUT2D eigenvalue weighted by Crippen LogP contribution is -2.35. The number of nitrogens with zero attached hydrogens (tertiary/aromatic N) is 2. The molecule has 1 fully saturated rings. The molecular formula is C15H18F3N3. The molecule has 21 heavy (non-hydrogen) atoms. The van der Waals surface area contributed by atoms with Gasteiger partial charge in [0.05, 0.1) is 11.0 Å². The largest absolute Gasteiger partial charge is 0.449 e. The van der Waals surface area contributed by atoms with Gasteiger partial charge in [-0.2, -0.15) is 13.2 Å². The van der Waals surface area contributed by atoms with E-state index in [2.05, 4.69) is 10.3 Å². The van der Waals surface area contributed by atoms with Gasteiger partial charge >= 0.3 is 6.18 Å². The van der Waals surface area contributed by atoms with E-state index in [4.69, 9.17) is 0 Å². The summed E-state index contributed by atoms with van der Waals surface area (Å²) in [6, 6.07) is 7.09. The maximum absolute atomic E-state index is 13.2. The summed E-state index contributed by atoms with van der Waals surface area (Å²) in [6.07, 6.45) is -0.386. The first-order chi connectivity index (χ1) is 10.1. The molecule has 1 atom stereocenters. The maximum atomic E-state index is 13.2. The number of piperidine rings is 1. The molecule has 3 nitrogen and oxygen atoms in total. The molecule has 1 aliphatic heterocycles. The standard InChI is InChI=1S/C15H18F3N3/c16-15(17,18)14-20-12-6-1-2-7-13(12)21(14)10-8-11-5-3-4-9-19-11/h1-2,6-7,11,19H,3-5,8-10H2. The minimum Gasteiger partial charge on any atom is -0.320 e. The third-order valence-corrected chi connectivity index (χ3v) is 4.02. The molecule has 6 heteroatoms. The van der Waals surface area contributed by atoms with Gasteiger partial charge < -0.3 is 9.88 Å². The fourth-order valence-corrected chi connectivity index (χ4v) is 2.97. The van der Waals surface area contributed by atoms with E-state index < -0.39 is 12.0 Å². The van der Waals surface area contributed by atoms with E-state index in [1.54, 1.807) is 24.3 Å². The first kappa shape index (κ1) is 14.4. The molecule has 114 valence electrons. The number of halogens is 3. The Morgan fingerprint density at radius 2 is 2.05 bits per heavy atom. The highest BCUT2D eigenvalue weighted by molar-refractivity contribution is 5.76. The van der Waals surface area contributed by atoms with Crippen molar-refractivity contribution in [2.75, 3.05) is 6.54 Å². The van der Waals surface area contributed by atoms with E-state index in [0.717, 1.165) is 25.8 Å². The molecule has 0 radical (unpaired) electrons. The quantitative estimate of drug-likeness (QED) is 0.938. The normalized spacial score (nSPS) is 20.0. The molecule has 2 aromatic rings. The van der Waals surface area contributed by atoms with Crippen LogP contribution in [0.1, 0.15) is 31.5 Å². The SMILES string of the molecule is FC(F)(F)c1nc2ccccc2n1CCC1CCCCN1. The van der Waals surface area contributed by atoms with Crippen LogP contribution in [0, 0.1) is 0 Å². The molecule has 3 rings (SSSR count). The smallest absolute Gasteiger partial charge is 0.320 e. The Labute approximate surface area is 121 Å². The highest BCUT2D eigenvalue weighted by Crippen LogP contribution is 2.31. The van der Waals surface area contributed by atoms with Crippen LogP contribution in [-0.2, 0) is 12.7 Å². The van der Waals surface area contributed by atoms with E-state index in [0.29, 0.717) is 30.0 Å². The number of nitrogens with one attached hydrogen (secondary N) is 1. The van der Waals surface area contributed by atoms with Crippen molar-refractivity contribution in [1.29, 1.82) is 0 Å². The van der Waals surface area contributed by atoms with Crippen molar-refractivity contribution in [1.82, 2.24) is 14.9 Å². The summed E-state index contributed by atoms with van der Waals surface area (Å²) in [7, 11) is 0. The third kappa shape index (κ3) is 3.05. The average Bonchev–Trinajstić information content (AvgIpc) is 2.85. The predicted octanol–water partition coefficient (Wildman–Crippen LogP) is 3.59. The summed E-state index contributed by atoms with van der Waals surface area (Å²) in [5.74, 6) is -0.792. The highest BCUT2D eigenvalue weighted by Gasteiger charge is 2.37. The van der Waals surface area contributed by atoms with Crippen LogP contribution in [0.15, 0.2) is 24.3 Å². The topological polar surface area (TPSA) is 29.9 Å².